The zero-order valence-electron chi connectivity index (χ0n) is 19.6. The standard InChI is InChI=1S/C26H33NO4S/c1-6-15-31-20-10-8-7-9-17(20)11-14-22(28)27-24-23(25(29)30-5)19-13-12-18(26(2,3)4)16-21(19)32-24/h7-11,14,18H,6,12-13,15-16H2,1-5H3,(H,27,28)/b14-11+. The van der Waals surface area contributed by atoms with Crippen molar-refractivity contribution in [1.82, 2.24) is 0 Å². The average molecular weight is 456 g/mol. The minimum atomic E-state index is -0.394. The highest BCUT2D eigenvalue weighted by Crippen LogP contribution is 2.44. The van der Waals surface area contributed by atoms with Crippen LogP contribution in [0.15, 0.2) is 30.3 Å². The molecule has 2 aromatic rings. The smallest absolute Gasteiger partial charge is 0.341 e. The van der Waals surface area contributed by atoms with Gasteiger partial charge in [0, 0.05) is 16.5 Å². The van der Waals surface area contributed by atoms with Gasteiger partial charge in [0.1, 0.15) is 10.8 Å². The highest BCUT2D eigenvalue weighted by Gasteiger charge is 2.34. The third kappa shape index (κ3) is 5.60. The molecule has 0 saturated carbocycles. The molecule has 3 rings (SSSR count). The summed E-state index contributed by atoms with van der Waals surface area (Å²) in [7, 11) is 1.38. The van der Waals surface area contributed by atoms with Gasteiger partial charge in [0.2, 0.25) is 5.91 Å². The summed E-state index contributed by atoms with van der Waals surface area (Å²) in [5.74, 6) is 0.608. The number of methoxy groups -OCH3 is 1. The van der Waals surface area contributed by atoms with Crippen LogP contribution in [0.25, 0.3) is 6.08 Å². The van der Waals surface area contributed by atoms with E-state index in [1.54, 1.807) is 6.08 Å². The molecule has 32 heavy (non-hydrogen) atoms. The van der Waals surface area contributed by atoms with Crippen molar-refractivity contribution < 1.29 is 19.1 Å². The number of thiophene rings is 1. The van der Waals surface area contributed by atoms with Gasteiger partial charge in [0.05, 0.1) is 19.3 Å². The maximum absolute atomic E-state index is 12.7. The van der Waals surface area contributed by atoms with Crippen LogP contribution in [-0.2, 0) is 22.4 Å². The van der Waals surface area contributed by atoms with E-state index in [9.17, 15) is 9.59 Å². The summed E-state index contributed by atoms with van der Waals surface area (Å²) in [5.41, 5.74) is 2.57. The van der Waals surface area contributed by atoms with Crippen LogP contribution < -0.4 is 10.1 Å². The van der Waals surface area contributed by atoms with Gasteiger partial charge in [-0.05, 0) is 54.7 Å². The van der Waals surface area contributed by atoms with Crippen molar-refractivity contribution in [2.24, 2.45) is 11.3 Å². The molecule has 172 valence electrons. The van der Waals surface area contributed by atoms with Crippen molar-refractivity contribution in [3.63, 3.8) is 0 Å². The summed E-state index contributed by atoms with van der Waals surface area (Å²) in [6.07, 6.45) is 6.90. The van der Waals surface area contributed by atoms with Crippen molar-refractivity contribution in [3.8, 4) is 5.75 Å². The molecule has 1 N–H and O–H groups in total. The second kappa shape index (κ2) is 10.3. The van der Waals surface area contributed by atoms with Crippen molar-refractivity contribution in [1.29, 1.82) is 0 Å². The number of nitrogens with one attached hydrogen (secondary N) is 1. The first-order valence-corrected chi connectivity index (χ1v) is 12.0. The van der Waals surface area contributed by atoms with Crippen LogP contribution in [0.5, 0.6) is 5.75 Å². The Balaban J connectivity index is 1.82. The normalized spacial score (nSPS) is 16.0. The summed E-state index contributed by atoms with van der Waals surface area (Å²) >= 11 is 1.50. The Morgan fingerprint density at radius 3 is 2.69 bits per heavy atom. The molecule has 1 aromatic carbocycles. The maximum atomic E-state index is 12.7. The highest BCUT2D eigenvalue weighted by atomic mass is 32.1. The molecule has 0 fully saturated rings. The topological polar surface area (TPSA) is 64.6 Å². The first-order chi connectivity index (χ1) is 15.2. The Kier molecular flexibility index (Phi) is 7.77. The lowest BCUT2D eigenvalue weighted by atomic mass is 9.72. The predicted molar refractivity (Wildman–Crippen MR) is 131 cm³/mol. The van der Waals surface area contributed by atoms with Gasteiger partial charge in [-0.1, -0.05) is 45.9 Å². The molecule has 1 amide bonds. The monoisotopic (exact) mass is 455 g/mol. The summed E-state index contributed by atoms with van der Waals surface area (Å²) < 4.78 is 10.8. The lowest BCUT2D eigenvalue weighted by Crippen LogP contribution is -2.26. The van der Waals surface area contributed by atoms with Crippen molar-refractivity contribution in [3.05, 3.63) is 51.9 Å². The van der Waals surface area contributed by atoms with E-state index in [2.05, 4.69) is 33.0 Å². The first-order valence-electron chi connectivity index (χ1n) is 11.2. The third-order valence-corrected chi connectivity index (χ3v) is 7.08. The Labute approximate surface area is 194 Å². The lowest BCUT2D eigenvalue weighted by molar-refractivity contribution is -0.111. The number of hydrogen-bond donors (Lipinski definition) is 1. The van der Waals surface area contributed by atoms with Gasteiger partial charge in [-0.2, -0.15) is 0 Å². The molecular weight excluding hydrogens is 422 g/mol. The summed E-state index contributed by atoms with van der Waals surface area (Å²) in [6.45, 7) is 9.44. The molecule has 5 nitrogen and oxygen atoms in total. The fourth-order valence-electron chi connectivity index (χ4n) is 4.01. The van der Waals surface area contributed by atoms with Gasteiger partial charge in [-0.15, -0.1) is 11.3 Å². The number of carbonyl (C=O) groups excluding carboxylic acids is 2. The maximum Gasteiger partial charge on any atom is 0.341 e. The number of amides is 1. The van der Waals surface area contributed by atoms with Crippen LogP contribution in [0.2, 0.25) is 0 Å². The van der Waals surface area contributed by atoms with Crippen LogP contribution in [0, 0.1) is 11.3 Å². The summed E-state index contributed by atoms with van der Waals surface area (Å²) in [4.78, 5) is 26.5. The van der Waals surface area contributed by atoms with Gasteiger partial charge >= 0.3 is 5.97 Å². The Hall–Kier alpha value is -2.60. The molecule has 1 heterocycles. The first kappa shape index (κ1) is 24.1. The Morgan fingerprint density at radius 2 is 2.00 bits per heavy atom. The third-order valence-electron chi connectivity index (χ3n) is 5.91. The largest absolute Gasteiger partial charge is 0.493 e. The second-order valence-electron chi connectivity index (χ2n) is 9.21. The number of hydrogen-bond acceptors (Lipinski definition) is 5. The molecule has 1 aliphatic rings. The van der Waals surface area contributed by atoms with E-state index in [1.165, 1.54) is 29.4 Å². The van der Waals surface area contributed by atoms with Gasteiger partial charge < -0.3 is 14.8 Å². The molecule has 0 spiro atoms. The Bertz CT molecular complexity index is 1000. The van der Waals surface area contributed by atoms with Gasteiger partial charge in [0.15, 0.2) is 0 Å². The minimum Gasteiger partial charge on any atom is -0.493 e. The zero-order valence-corrected chi connectivity index (χ0v) is 20.4. The van der Waals surface area contributed by atoms with Crippen molar-refractivity contribution >= 4 is 34.3 Å². The second-order valence-corrected chi connectivity index (χ2v) is 10.3. The van der Waals surface area contributed by atoms with Crippen LogP contribution >= 0.6 is 11.3 Å². The van der Waals surface area contributed by atoms with Crippen LogP contribution in [0.4, 0.5) is 5.00 Å². The van der Waals surface area contributed by atoms with E-state index < -0.39 is 5.97 Å². The molecule has 1 aromatic heterocycles. The molecule has 0 bridgehead atoms. The summed E-state index contributed by atoms with van der Waals surface area (Å²) in [5, 5.41) is 3.49. The van der Waals surface area contributed by atoms with Gasteiger partial charge in [-0.25, -0.2) is 4.79 Å². The van der Waals surface area contributed by atoms with Gasteiger partial charge in [-0.3, -0.25) is 4.79 Å². The molecular formula is C26H33NO4S. The van der Waals surface area contributed by atoms with E-state index in [0.29, 0.717) is 23.1 Å². The minimum absolute atomic E-state index is 0.201. The number of esters is 1. The average Bonchev–Trinajstić information content (AvgIpc) is 3.12. The van der Waals surface area contributed by atoms with E-state index in [0.717, 1.165) is 42.6 Å². The predicted octanol–water partition coefficient (Wildman–Crippen LogP) is 6.13. The fourth-order valence-corrected chi connectivity index (χ4v) is 5.33. The van der Waals surface area contributed by atoms with E-state index >= 15 is 0 Å². The van der Waals surface area contributed by atoms with E-state index in [-0.39, 0.29) is 11.3 Å². The number of fused-ring (bicyclic) bond motifs is 1. The van der Waals surface area contributed by atoms with Crippen LogP contribution in [-0.4, -0.2) is 25.6 Å². The lowest BCUT2D eigenvalue weighted by Gasteiger charge is -2.33. The number of anilines is 1. The van der Waals surface area contributed by atoms with Crippen LogP contribution in [0.1, 0.15) is 66.9 Å². The molecule has 0 aliphatic heterocycles. The van der Waals surface area contributed by atoms with Gasteiger partial charge in [0.25, 0.3) is 0 Å². The van der Waals surface area contributed by atoms with Crippen LogP contribution in [0.3, 0.4) is 0 Å². The van der Waals surface area contributed by atoms with E-state index in [4.69, 9.17) is 9.47 Å². The number of carbonyl (C=O) groups is 2. The molecule has 0 saturated heterocycles. The quantitative estimate of drug-likeness (QED) is 0.403. The van der Waals surface area contributed by atoms with Crippen molar-refractivity contribution in [2.45, 2.75) is 53.4 Å². The molecule has 0 radical (unpaired) electrons. The zero-order chi connectivity index (χ0) is 23.3. The molecule has 1 aliphatic carbocycles. The number of rotatable bonds is 7. The molecule has 1 unspecified atom stereocenters. The molecule has 1 atom stereocenters. The van der Waals surface area contributed by atoms with E-state index in [1.807, 2.05) is 24.3 Å². The number of ether oxygens (including phenoxy) is 2. The van der Waals surface area contributed by atoms with Crippen molar-refractivity contribution in [2.75, 3.05) is 19.0 Å². The number of benzene rings is 1. The number of para-hydroxylation sites is 1. The highest BCUT2D eigenvalue weighted by molar-refractivity contribution is 7.17. The summed E-state index contributed by atoms with van der Waals surface area (Å²) in [6, 6.07) is 7.61. The SMILES string of the molecule is CCCOc1ccccc1/C=C/C(=O)Nc1sc2c(c1C(=O)OC)CCC(C(C)(C)C)C2. The fraction of sp³-hybridized carbons (Fsp3) is 0.462. The Morgan fingerprint density at radius 1 is 1.25 bits per heavy atom. The molecule has 6 heteroatoms.